The van der Waals surface area contributed by atoms with E-state index >= 15 is 0 Å². The number of rotatable bonds is 4. The van der Waals surface area contributed by atoms with E-state index in [1.165, 1.54) is 0 Å². The Balaban J connectivity index is 2.19. The minimum atomic E-state index is -0.0287. The summed E-state index contributed by atoms with van der Waals surface area (Å²) in [6.07, 6.45) is -0.0287. The molecule has 1 N–H and O–H groups in total. The second kappa shape index (κ2) is 6.16. The average molecular weight is 344 g/mol. The summed E-state index contributed by atoms with van der Waals surface area (Å²) in [7, 11) is 0. The minimum absolute atomic E-state index is 0.0287. The molecule has 0 atom stereocenters. The molecule has 1 heterocycles. The zero-order chi connectivity index (χ0) is 13.8. The zero-order valence-electron chi connectivity index (χ0n) is 10.4. The van der Waals surface area contributed by atoms with Gasteiger partial charge in [-0.15, -0.1) is 0 Å². The lowest BCUT2D eigenvalue weighted by molar-refractivity contribution is 0.222. The summed E-state index contributed by atoms with van der Waals surface area (Å²) in [5.41, 5.74) is 0.848. The third-order valence-electron chi connectivity index (χ3n) is 2.03. The molecule has 0 bridgehead atoms. The van der Waals surface area contributed by atoms with Gasteiger partial charge in [-0.25, -0.2) is 0 Å². The Morgan fingerprint density at radius 1 is 1.16 bits per heavy atom. The molecule has 100 valence electrons. The molecule has 1 aromatic heterocycles. The van der Waals surface area contributed by atoms with Crippen LogP contribution in [0.15, 0.2) is 28.7 Å². The van der Waals surface area contributed by atoms with Crippen LogP contribution in [0.1, 0.15) is 13.8 Å². The zero-order valence-corrected chi connectivity index (χ0v) is 12.7. The molecule has 1 aromatic carbocycles. The second-order valence-corrected chi connectivity index (χ2v) is 5.26. The van der Waals surface area contributed by atoms with E-state index in [4.69, 9.17) is 16.3 Å². The standard InChI is InChI=1S/C12H12BrClN4O/c1-7(2)19-12-17-10(14)16-11(18-12)15-9-5-3-8(13)4-6-9/h3-7H,1-2H3,(H,15,16,17,18). The van der Waals surface area contributed by atoms with Gasteiger partial charge in [0.1, 0.15) is 0 Å². The Morgan fingerprint density at radius 2 is 1.84 bits per heavy atom. The van der Waals surface area contributed by atoms with Crippen molar-refractivity contribution in [3.05, 3.63) is 34.0 Å². The quantitative estimate of drug-likeness (QED) is 0.914. The average Bonchev–Trinajstić information content (AvgIpc) is 2.30. The van der Waals surface area contributed by atoms with E-state index in [1.807, 2.05) is 38.1 Å². The number of nitrogens with one attached hydrogen (secondary N) is 1. The number of hydrogen-bond donors (Lipinski definition) is 1. The summed E-state index contributed by atoms with van der Waals surface area (Å²) in [6.45, 7) is 3.78. The molecule has 0 fully saturated rings. The Morgan fingerprint density at radius 3 is 2.47 bits per heavy atom. The first-order valence-corrected chi connectivity index (χ1v) is 6.81. The molecule has 0 amide bonds. The molecule has 0 aliphatic carbocycles. The molecule has 19 heavy (non-hydrogen) atoms. The van der Waals surface area contributed by atoms with Crippen LogP contribution in [0.5, 0.6) is 6.01 Å². The van der Waals surface area contributed by atoms with Crippen LogP contribution in [0.3, 0.4) is 0 Å². The van der Waals surface area contributed by atoms with Crippen molar-refractivity contribution in [3.8, 4) is 6.01 Å². The van der Waals surface area contributed by atoms with Crippen molar-refractivity contribution in [1.29, 1.82) is 0 Å². The molecule has 0 saturated heterocycles. The number of nitrogens with zero attached hydrogens (tertiary/aromatic N) is 3. The smallest absolute Gasteiger partial charge is 0.322 e. The van der Waals surface area contributed by atoms with Gasteiger partial charge in [-0.2, -0.15) is 15.0 Å². The van der Waals surface area contributed by atoms with Gasteiger partial charge < -0.3 is 10.1 Å². The predicted octanol–water partition coefficient (Wildman–Crippen LogP) is 3.82. The topological polar surface area (TPSA) is 59.9 Å². The molecule has 5 nitrogen and oxygen atoms in total. The summed E-state index contributed by atoms with van der Waals surface area (Å²) in [5, 5.41) is 3.13. The Labute approximate surface area is 124 Å². The largest absolute Gasteiger partial charge is 0.461 e. The molecule has 0 spiro atoms. The van der Waals surface area contributed by atoms with Crippen LogP contribution < -0.4 is 10.1 Å². The number of aromatic nitrogens is 3. The van der Waals surface area contributed by atoms with Crippen LogP contribution in [0.2, 0.25) is 5.28 Å². The van der Waals surface area contributed by atoms with Gasteiger partial charge in [-0.3, -0.25) is 0 Å². The van der Waals surface area contributed by atoms with Crippen molar-refractivity contribution in [2.75, 3.05) is 5.32 Å². The molecule has 7 heteroatoms. The number of ether oxygens (including phenoxy) is 1. The van der Waals surface area contributed by atoms with Gasteiger partial charge in [-0.1, -0.05) is 15.9 Å². The van der Waals surface area contributed by atoms with Gasteiger partial charge in [0, 0.05) is 10.2 Å². The Bertz CT molecular complexity index is 562. The summed E-state index contributed by atoms with van der Waals surface area (Å²) in [6, 6.07) is 7.82. The van der Waals surface area contributed by atoms with Gasteiger partial charge in [-0.05, 0) is 49.7 Å². The second-order valence-electron chi connectivity index (χ2n) is 4.01. The van der Waals surface area contributed by atoms with Crippen LogP contribution >= 0.6 is 27.5 Å². The van der Waals surface area contributed by atoms with Gasteiger partial charge in [0.15, 0.2) is 0 Å². The Hall–Kier alpha value is -1.40. The first-order chi connectivity index (χ1) is 9.02. The molecule has 0 unspecified atom stereocenters. The molecule has 2 aromatic rings. The lowest BCUT2D eigenvalue weighted by Gasteiger charge is -2.09. The third-order valence-corrected chi connectivity index (χ3v) is 2.73. The maximum Gasteiger partial charge on any atom is 0.322 e. The maximum atomic E-state index is 5.84. The fraction of sp³-hybridized carbons (Fsp3) is 0.250. The van der Waals surface area contributed by atoms with Crippen molar-refractivity contribution >= 4 is 39.2 Å². The molecular weight excluding hydrogens is 332 g/mol. The van der Waals surface area contributed by atoms with Crippen LogP contribution in [0, 0.1) is 0 Å². The highest BCUT2D eigenvalue weighted by atomic mass is 79.9. The van der Waals surface area contributed by atoms with Crippen molar-refractivity contribution in [1.82, 2.24) is 15.0 Å². The molecule has 2 rings (SSSR count). The van der Waals surface area contributed by atoms with Crippen molar-refractivity contribution < 1.29 is 4.74 Å². The van der Waals surface area contributed by atoms with Crippen molar-refractivity contribution in [3.63, 3.8) is 0 Å². The molecule has 0 saturated carbocycles. The van der Waals surface area contributed by atoms with Gasteiger partial charge in [0.2, 0.25) is 11.2 Å². The van der Waals surface area contributed by atoms with Crippen molar-refractivity contribution in [2.45, 2.75) is 20.0 Å². The number of hydrogen-bond acceptors (Lipinski definition) is 5. The van der Waals surface area contributed by atoms with E-state index in [9.17, 15) is 0 Å². The van der Waals surface area contributed by atoms with E-state index < -0.39 is 0 Å². The maximum absolute atomic E-state index is 5.84. The fourth-order valence-electron chi connectivity index (χ4n) is 1.31. The van der Waals surface area contributed by atoms with Crippen LogP contribution in [0.25, 0.3) is 0 Å². The molecule has 0 aliphatic rings. The molecule has 0 radical (unpaired) electrons. The minimum Gasteiger partial charge on any atom is -0.461 e. The monoisotopic (exact) mass is 342 g/mol. The van der Waals surface area contributed by atoms with E-state index in [-0.39, 0.29) is 17.4 Å². The van der Waals surface area contributed by atoms with Crippen LogP contribution in [-0.2, 0) is 0 Å². The highest BCUT2D eigenvalue weighted by molar-refractivity contribution is 9.10. The summed E-state index contributed by atoms with van der Waals surface area (Å²) in [4.78, 5) is 12.0. The number of benzene rings is 1. The Kier molecular flexibility index (Phi) is 4.55. The lowest BCUT2D eigenvalue weighted by Crippen LogP contribution is -2.10. The summed E-state index contributed by atoms with van der Waals surface area (Å²) < 4.78 is 6.39. The predicted molar refractivity (Wildman–Crippen MR) is 78.0 cm³/mol. The van der Waals surface area contributed by atoms with E-state index in [2.05, 4.69) is 36.2 Å². The van der Waals surface area contributed by atoms with Crippen LogP contribution in [0.4, 0.5) is 11.6 Å². The first kappa shape index (κ1) is 14.0. The van der Waals surface area contributed by atoms with Gasteiger partial charge in [0.05, 0.1) is 6.10 Å². The molecule has 0 aliphatic heterocycles. The number of anilines is 2. The first-order valence-electron chi connectivity index (χ1n) is 5.64. The van der Waals surface area contributed by atoms with E-state index in [1.54, 1.807) is 0 Å². The third kappa shape index (κ3) is 4.33. The van der Waals surface area contributed by atoms with Crippen LogP contribution in [-0.4, -0.2) is 21.1 Å². The number of halogens is 2. The normalized spacial score (nSPS) is 10.6. The highest BCUT2D eigenvalue weighted by Crippen LogP contribution is 2.19. The van der Waals surface area contributed by atoms with Crippen molar-refractivity contribution in [2.24, 2.45) is 0 Å². The van der Waals surface area contributed by atoms with E-state index in [0.29, 0.717) is 5.95 Å². The highest BCUT2D eigenvalue weighted by Gasteiger charge is 2.08. The van der Waals surface area contributed by atoms with Gasteiger partial charge in [0.25, 0.3) is 0 Å². The fourth-order valence-corrected chi connectivity index (χ4v) is 1.73. The molecular formula is C12H12BrClN4O. The van der Waals surface area contributed by atoms with E-state index in [0.717, 1.165) is 10.2 Å². The lowest BCUT2D eigenvalue weighted by atomic mass is 10.3. The summed E-state index contributed by atoms with van der Waals surface area (Å²) >= 11 is 9.21. The SMILES string of the molecule is CC(C)Oc1nc(Cl)nc(Nc2ccc(Br)cc2)n1. The van der Waals surface area contributed by atoms with Gasteiger partial charge >= 0.3 is 6.01 Å². The summed E-state index contributed by atoms with van der Waals surface area (Å²) in [5.74, 6) is 0.345.